The summed E-state index contributed by atoms with van der Waals surface area (Å²) in [6, 6.07) is 7.37. The number of fused-ring (bicyclic) bond motifs is 2. The maximum absolute atomic E-state index is 13.9. The van der Waals surface area contributed by atoms with Crippen molar-refractivity contribution in [2.45, 2.75) is 64.5 Å². The molecular formula is C22H27BrFN3O2. The van der Waals surface area contributed by atoms with Gasteiger partial charge in [-0.2, -0.15) is 0 Å². The van der Waals surface area contributed by atoms with Crippen molar-refractivity contribution in [3.05, 3.63) is 46.3 Å². The predicted octanol–water partition coefficient (Wildman–Crippen LogP) is 5.35. The van der Waals surface area contributed by atoms with Crippen LogP contribution in [0.25, 0.3) is 0 Å². The Bertz CT molecular complexity index is 871. The van der Waals surface area contributed by atoms with Crippen LogP contribution in [0.2, 0.25) is 0 Å². The number of halogens is 2. The van der Waals surface area contributed by atoms with Crippen LogP contribution in [-0.2, 0) is 11.3 Å². The van der Waals surface area contributed by atoms with Crippen LogP contribution in [0.3, 0.4) is 0 Å². The van der Waals surface area contributed by atoms with Crippen molar-refractivity contribution < 1.29 is 14.2 Å². The topological polar surface area (TPSA) is 57.6 Å². The Balaban J connectivity index is 1.60. The van der Waals surface area contributed by atoms with E-state index < -0.39 is 6.23 Å². The second kappa shape index (κ2) is 8.58. The van der Waals surface area contributed by atoms with Gasteiger partial charge >= 0.3 is 0 Å². The number of anilines is 3. The Hall–Kier alpha value is -1.70. The highest BCUT2D eigenvalue weighted by molar-refractivity contribution is 9.10. The minimum absolute atomic E-state index is 0.136. The van der Waals surface area contributed by atoms with Gasteiger partial charge in [0.05, 0.1) is 29.8 Å². The summed E-state index contributed by atoms with van der Waals surface area (Å²) in [5.74, 6) is 0.383. The highest BCUT2D eigenvalue weighted by Crippen LogP contribution is 2.40. The van der Waals surface area contributed by atoms with Gasteiger partial charge in [0.1, 0.15) is 17.9 Å². The molecule has 29 heavy (non-hydrogen) atoms. The number of aliphatic hydroxyl groups is 1. The summed E-state index contributed by atoms with van der Waals surface area (Å²) in [7, 11) is 0. The zero-order valence-corrected chi connectivity index (χ0v) is 18.3. The Kier molecular flexibility index (Phi) is 6.08. The van der Waals surface area contributed by atoms with Gasteiger partial charge in [-0.15, -0.1) is 0 Å². The molecule has 2 aliphatic rings. The van der Waals surface area contributed by atoms with Gasteiger partial charge in [-0.05, 0) is 63.8 Å². The van der Waals surface area contributed by atoms with E-state index in [-0.39, 0.29) is 23.9 Å². The first-order chi connectivity index (χ1) is 13.9. The average Bonchev–Trinajstić information content (AvgIpc) is 2.84. The minimum Gasteiger partial charge on any atom is -0.376 e. The highest BCUT2D eigenvalue weighted by Gasteiger charge is 2.33. The summed E-state index contributed by atoms with van der Waals surface area (Å²) in [6.07, 6.45) is 4.74. The molecule has 1 saturated carbocycles. The van der Waals surface area contributed by atoms with Crippen LogP contribution in [-0.4, -0.2) is 28.5 Å². The van der Waals surface area contributed by atoms with Gasteiger partial charge in [0.25, 0.3) is 0 Å². The molecule has 7 heteroatoms. The molecule has 2 aromatic rings. The molecule has 1 fully saturated rings. The fraction of sp³-hybridized carbons (Fsp3) is 0.500. The zero-order chi connectivity index (χ0) is 20.5. The maximum Gasteiger partial charge on any atom is 0.141 e. The number of ether oxygens (including phenoxy) is 1. The fourth-order valence-corrected chi connectivity index (χ4v) is 4.71. The van der Waals surface area contributed by atoms with Crippen molar-refractivity contribution in [2.24, 2.45) is 5.92 Å². The third-order valence-electron chi connectivity index (χ3n) is 5.72. The van der Waals surface area contributed by atoms with Gasteiger partial charge < -0.3 is 20.1 Å². The van der Waals surface area contributed by atoms with Crippen LogP contribution in [0.15, 0.2) is 34.9 Å². The van der Waals surface area contributed by atoms with Crippen LogP contribution >= 0.6 is 15.9 Å². The monoisotopic (exact) mass is 463 g/mol. The molecule has 2 N–H and O–H groups in total. The molecule has 5 nitrogen and oxygen atoms in total. The molecule has 1 aromatic carbocycles. The van der Waals surface area contributed by atoms with E-state index in [9.17, 15) is 9.50 Å². The zero-order valence-electron chi connectivity index (χ0n) is 16.7. The number of aliphatic hydroxyl groups excluding tert-OH is 1. The van der Waals surface area contributed by atoms with E-state index in [4.69, 9.17) is 4.74 Å². The summed E-state index contributed by atoms with van der Waals surface area (Å²) in [6.45, 7) is 4.51. The molecule has 0 bridgehead atoms. The van der Waals surface area contributed by atoms with Gasteiger partial charge in [-0.3, -0.25) is 0 Å². The standard InChI is InChI=1S/C22H27BrFN3O2/c1-13(2)29-18-6-3-14(4-7-18)22(28)27-12-15-9-17(24)11-25-21(15)26-19-8-5-16(23)10-20(19)27/h5,8-11,13-14,18,22,28H,3-4,6-7,12H2,1-2H3,(H,25,26)/t14-,18-,22?. The highest BCUT2D eigenvalue weighted by atomic mass is 79.9. The Morgan fingerprint density at radius 1 is 1.24 bits per heavy atom. The Morgan fingerprint density at radius 2 is 2.00 bits per heavy atom. The lowest BCUT2D eigenvalue weighted by Crippen LogP contribution is -2.42. The summed E-state index contributed by atoms with van der Waals surface area (Å²) in [4.78, 5) is 6.19. The van der Waals surface area contributed by atoms with Crippen molar-refractivity contribution >= 4 is 33.1 Å². The predicted molar refractivity (Wildman–Crippen MR) is 116 cm³/mol. The second-order valence-corrected chi connectivity index (χ2v) is 9.13. The first-order valence-electron chi connectivity index (χ1n) is 10.2. The largest absolute Gasteiger partial charge is 0.376 e. The van der Waals surface area contributed by atoms with Crippen molar-refractivity contribution in [1.82, 2.24) is 4.98 Å². The third-order valence-corrected chi connectivity index (χ3v) is 6.21. The third kappa shape index (κ3) is 4.57. The van der Waals surface area contributed by atoms with Crippen LogP contribution in [0.5, 0.6) is 0 Å². The number of pyridine rings is 1. The first-order valence-corrected chi connectivity index (χ1v) is 11.0. The Morgan fingerprint density at radius 3 is 2.72 bits per heavy atom. The van der Waals surface area contributed by atoms with Gasteiger partial charge in [0.15, 0.2) is 0 Å². The van der Waals surface area contributed by atoms with Gasteiger partial charge in [0, 0.05) is 22.5 Å². The maximum atomic E-state index is 13.9. The van der Waals surface area contributed by atoms with E-state index in [1.807, 2.05) is 23.1 Å². The summed E-state index contributed by atoms with van der Waals surface area (Å²) in [5.41, 5.74) is 2.46. The smallest absolute Gasteiger partial charge is 0.141 e. The SMILES string of the molecule is CC(C)O[C@H]1CC[C@H](C(O)N2Cc3cc(F)cnc3Nc3ccc(Br)cc32)CC1. The molecule has 156 valence electrons. The van der Waals surface area contributed by atoms with E-state index in [1.165, 1.54) is 12.3 Å². The molecular weight excluding hydrogens is 437 g/mol. The number of hydrogen-bond acceptors (Lipinski definition) is 5. The van der Waals surface area contributed by atoms with Gasteiger partial charge in [-0.25, -0.2) is 9.37 Å². The molecule has 0 amide bonds. The Labute approximate surface area is 179 Å². The molecule has 1 aliphatic carbocycles. The minimum atomic E-state index is -0.668. The lowest BCUT2D eigenvalue weighted by Gasteiger charge is -2.38. The average molecular weight is 464 g/mol. The number of rotatable bonds is 4. The van der Waals surface area contributed by atoms with Crippen molar-refractivity contribution in [2.75, 3.05) is 10.2 Å². The summed E-state index contributed by atoms with van der Waals surface area (Å²) >= 11 is 3.54. The number of hydrogen-bond donors (Lipinski definition) is 2. The molecule has 4 rings (SSSR count). The molecule has 2 heterocycles. The fourth-order valence-electron chi connectivity index (χ4n) is 4.36. The molecule has 0 radical (unpaired) electrons. The normalized spacial score (nSPS) is 22.5. The van der Waals surface area contributed by atoms with Crippen LogP contribution in [0.4, 0.5) is 21.6 Å². The molecule has 0 spiro atoms. The van der Waals surface area contributed by atoms with E-state index in [0.717, 1.165) is 47.1 Å². The van der Waals surface area contributed by atoms with E-state index >= 15 is 0 Å². The quantitative estimate of drug-likeness (QED) is 0.639. The van der Waals surface area contributed by atoms with Crippen LogP contribution in [0.1, 0.15) is 45.1 Å². The molecule has 1 aromatic heterocycles. The van der Waals surface area contributed by atoms with Crippen LogP contribution in [0, 0.1) is 11.7 Å². The second-order valence-electron chi connectivity index (χ2n) is 8.21. The summed E-state index contributed by atoms with van der Waals surface area (Å²) < 4.78 is 20.7. The number of nitrogens with zero attached hydrogens (tertiary/aromatic N) is 2. The van der Waals surface area contributed by atoms with Gasteiger partial charge in [-0.1, -0.05) is 15.9 Å². The first kappa shape index (κ1) is 20.6. The van der Waals surface area contributed by atoms with E-state index in [2.05, 4.69) is 40.1 Å². The van der Waals surface area contributed by atoms with E-state index in [0.29, 0.717) is 12.4 Å². The molecule has 1 aliphatic heterocycles. The number of benzene rings is 1. The van der Waals surface area contributed by atoms with Crippen molar-refractivity contribution in [1.29, 1.82) is 0 Å². The lowest BCUT2D eigenvalue weighted by atomic mass is 9.85. The van der Waals surface area contributed by atoms with Crippen molar-refractivity contribution in [3.63, 3.8) is 0 Å². The summed E-state index contributed by atoms with van der Waals surface area (Å²) in [5, 5.41) is 14.7. The number of aromatic nitrogens is 1. The van der Waals surface area contributed by atoms with Crippen LogP contribution < -0.4 is 10.2 Å². The van der Waals surface area contributed by atoms with E-state index in [1.54, 1.807) is 0 Å². The van der Waals surface area contributed by atoms with Gasteiger partial charge in [0.2, 0.25) is 0 Å². The number of nitrogens with one attached hydrogen (secondary N) is 1. The molecule has 0 saturated heterocycles. The molecule has 1 unspecified atom stereocenters. The molecule has 1 atom stereocenters. The lowest BCUT2D eigenvalue weighted by molar-refractivity contribution is -0.0340. The van der Waals surface area contributed by atoms with Crippen molar-refractivity contribution in [3.8, 4) is 0 Å².